The van der Waals surface area contributed by atoms with Crippen molar-refractivity contribution in [2.75, 3.05) is 0 Å². The Morgan fingerprint density at radius 3 is 2.44 bits per heavy atom. The molecule has 1 aliphatic rings. The molecule has 3 unspecified atom stereocenters. The molecule has 0 bridgehead atoms. The van der Waals surface area contributed by atoms with Gasteiger partial charge in [-0.05, 0) is 43.2 Å². The second kappa shape index (κ2) is 4.96. The van der Waals surface area contributed by atoms with Gasteiger partial charge in [-0.1, -0.05) is 26.3 Å². The fourth-order valence-electron chi connectivity index (χ4n) is 3.05. The van der Waals surface area contributed by atoms with Crippen LogP contribution in [0.1, 0.15) is 38.7 Å². The molecule has 1 aliphatic carbocycles. The zero-order chi connectivity index (χ0) is 13.3. The number of benzene rings is 1. The van der Waals surface area contributed by atoms with Crippen LogP contribution in [0.3, 0.4) is 0 Å². The van der Waals surface area contributed by atoms with E-state index < -0.39 is 17.2 Å². The van der Waals surface area contributed by atoms with E-state index in [9.17, 15) is 8.78 Å². The Morgan fingerprint density at radius 1 is 1.22 bits per heavy atom. The summed E-state index contributed by atoms with van der Waals surface area (Å²) in [5.41, 5.74) is 6.08. The SMILES string of the molecule is CC1CCC(C)C(N)(Cc2c(F)cccc2F)C1. The smallest absolute Gasteiger partial charge is 0.129 e. The second-order valence-electron chi connectivity index (χ2n) is 5.90. The lowest BCUT2D eigenvalue weighted by Crippen LogP contribution is -2.52. The highest BCUT2D eigenvalue weighted by Gasteiger charge is 2.38. The van der Waals surface area contributed by atoms with Gasteiger partial charge in [0, 0.05) is 11.1 Å². The molecule has 1 aromatic rings. The summed E-state index contributed by atoms with van der Waals surface area (Å²) in [6, 6.07) is 4.00. The quantitative estimate of drug-likeness (QED) is 0.855. The van der Waals surface area contributed by atoms with E-state index in [4.69, 9.17) is 5.73 Å². The molecule has 0 amide bonds. The zero-order valence-corrected chi connectivity index (χ0v) is 11.0. The summed E-state index contributed by atoms with van der Waals surface area (Å²) >= 11 is 0. The molecule has 2 N–H and O–H groups in total. The highest BCUT2D eigenvalue weighted by Crippen LogP contribution is 2.38. The van der Waals surface area contributed by atoms with E-state index in [1.54, 1.807) is 0 Å². The van der Waals surface area contributed by atoms with Crippen LogP contribution >= 0.6 is 0 Å². The Balaban J connectivity index is 2.26. The van der Waals surface area contributed by atoms with Crippen LogP contribution in [0.15, 0.2) is 18.2 Å². The number of hydrogen-bond acceptors (Lipinski definition) is 1. The Labute approximate surface area is 107 Å². The van der Waals surface area contributed by atoms with Crippen LogP contribution < -0.4 is 5.73 Å². The van der Waals surface area contributed by atoms with Gasteiger partial charge in [0.2, 0.25) is 0 Å². The summed E-state index contributed by atoms with van der Waals surface area (Å²) < 4.78 is 27.4. The molecule has 0 saturated heterocycles. The molecule has 3 heteroatoms. The van der Waals surface area contributed by atoms with Gasteiger partial charge in [-0.2, -0.15) is 0 Å². The van der Waals surface area contributed by atoms with E-state index in [2.05, 4.69) is 13.8 Å². The molecular weight excluding hydrogens is 232 g/mol. The minimum atomic E-state index is -0.485. The molecule has 3 atom stereocenters. The van der Waals surface area contributed by atoms with Crippen LogP contribution in [0.5, 0.6) is 0 Å². The molecule has 0 aromatic heterocycles. The van der Waals surface area contributed by atoms with Gasteiger partial charge in [0.1, 0.15) is 11.6 Å². The molecule has 2 rings (SSSR count). The minimum absolute atomic E-state index is 0.140. The van der Waals surface area contributed by atoms with Crippen molar-refractivity contribution in [1.29, 1.82) is 0 Å². The third-order valence-corrected chi connectivity index (χ3v) is 4.37. The van der Waals surface area contributed by atoms with Crippen LogP contribution in [0.4, 0.5) is 8.78 Å². The van der Waals surface area contributed by atoms with E-state index in [1.165, 1.54) is 18.2 Å². The first-order chi connectivity index (χ1) is 8.42. The van der Waals surface area contributed by atoms with Gasteiger partial charge in [0.05, 0.1) is 0 Å². The van der Waals surface area contributed by atoms with Gasteiger partial charge >= 0.3 is 0 Å². The Bertz CT molecular complexity index is 412. The molecule has 0 spiro atoms. The molecule has 1 nitrogen and oxygen atoms in total. The first-order valence-electron chi connectivity index (χ1n) is 6.64. The maximum atomic E-state index is 13.7. The molecule has 1 saturated carbocycles. The molecule has 0 heterocycles. The van der Waals surface area contributed by atoms with Crippen LogP contribution in [0.25, 0.3) is 0 Å². The number of rotatable bonds is 2. The Hall–Kier alpha value is -0.960. The molecule has 0 aliphatic heterocycles. The summed E-state index contributed by atoms with van der Waals surface area (Å²) in [5, 5.41) is 0. The normalized spacial score (nSPS) is 32.5. The van der Waals surface area contributed by atoms with Gasteiger partial charge in [-0.25, -0.2) is 8.78 Å². The van der Waals surface area contributed by atoms with Gasteiger partial charge in [0.15, 0.2) is 0 Å². The summed E-state index contributed by atoms with van der Waals surface area (Å²) in [5.74, 6) is -0.135. The van der Waals surface area contributed by atoms with Gasteiger partial charge < -0.3 is 5.73 Å². The lowest BCUT2D eigenvalue weighted by Gasteiger charge is -2.42. The first-order valence-corrected chi connectivity index (χ1v) is 6.64. The van der Waals surface area contributed by atoms with Gasteiger partial charge in [-0.15, -0.1) is 0 Å². The number of hydrogen-bond donors (Lipinski definition) is 1. The van der Waals surface area contributed by atoms with Crippen LogP contribution in [-0.2, 0) is 6.42 Å². The highest BCUT2D eigenvalue weighted by atomic mass is 19.1. The molecule has 1 fully saturated rings. The van der Waals surface area contributed by atoms with Crippen molar-refractivity contribution in [2.45, 2.75) is 45.1 Å². The standard InChI is InChI=1S/C15H21F2N/c1-10-6-7-11(2)15(18,8-10)9-12-13(16)4-3-5-14(12)17/h3-5,10-11H,6-9,18H2,1-2H3. The minimum Gasteiger partial charge on any atom is -0.325 e. The summed E-state index contributed by atoms with van der Waals surface area (Å²) in [6.07, 6.45) is 3.31. The first kappa shape index (κ1) is 13.5. The van der Waals surface area contributed by atoms with Crippen molar-refractivity contribution in [3.8, 4) is 0 Å². The van der Waals surface area contributed by atoms with E-state index in [-0.39, 0.29) is 12.0 Å². The van der Waals surface area contributed by atoms with Crippen molar-refractivity contribution < 1.29 is 8.78 Å². The fraction of sp³-hybridized carbons (Fsp3) is 0.600. The van der Waals surface area contributed by atoms with Crippen molar-refractivity contribution in [2.24, 2.45) is 17.6 Å². The van der Waals surface area contributed by atoms with Crippen molar-refractivity contribution >= 4 is 0 Å². The summed E-state index contributed by atoms with van der Waals surface area (Å²) in [6.45, 7) is 4.25. The van der Waals surface area contributed by atoms with Gasteiger partial charge in [0.25, 0.3) is 0 Å². The third-order valence-electron chi connectivity index (χ3n) is 4.37. The zero-order valence-electron chi connectivity index (χ0n) is 11.0. The predicted octanol–water partition coefficient (Wildman–Crippen LogP) is 3.66. The number of nitrogens with two attached hydrogens (primary N) is 1. The maximum absolute atomic E-state index is 13.7. The van der Waals surface area contributed by atoms with Crippen LogP contribution in [0.2, 0.25) is 0 Å². The van der Waals surface area contributed by atoms with E-state index >= 15 is 0 Å². The predicted molar refractivity (Wildman–Crippen MR) is 69.2 cm³/mol. The summed E-state index contributed by atoms with van der Waals surface area (Å²) in [4.78, 5) is 0. The highest BCUT2D eigenvalue weighted by molar-refractivity contribution is 5.23. The fourth-order valence-corrected chi connectivity index (χ4v) is 3.05. The molecule has 0 radical (unpaired) electrons. The van der Waals surface area contributed by atoms with Crippen molar-refractivity contribution in [3.63, 3.8) is 0 Å². The van der Waals surface area contributed by atoms with E-state index in [1.807, 2.05) is 0 Å². The molecule has 1 aromatic carbocycles. The second-order valence-corrected chi connectivity index (χ2v) is 5.90. The van der Waals surface area contributed by atoms with Crippen LogP contribution in [0, 0.1) is 23.5 Å². The van der Waals surface area contributed by atoms with Gasteiger partial charge in [-0.3, -0.25) is 0 Å². The maximum Gasteiger partial charge on any atom is 0.129 e. The number of halogens is 2. The summed E-state index contributed by atoms with van der Waals surface area (Å²) in [7, 11) is 0. The topological polar surface area (TPSA) is 26.0 Å². The monoisotopic (exact) mass is 253 g/mol. The van der Waals surface area contributed by atoms with Crippen LogP contribution in [-0.4, -0.2) is 5.54 Å². The Morgan fingerprint density at radius 2 is 1.83 bits per heavy atom. The third kappa shape index (κ3) is 2.56. The van der Waals surface area contributed by atoms with Crippen molar-refractivity contribution in [3.05, 3.63) is 35.4 Å². The average molecular weight is 253 g/mol. The average Bonchev–Trinajstić information content (AvgIpc) is 2.30. The van der Waals surface area contributed by atoms with E-state index in [0.717, 1.165) is 19.3 Å². The molecule has 18 heavy (non-hydrogen) atoms. The molecular formula is C15H21F2N. The largest absolute Gasteiger partial charge is 0.325 e. The molecule has 100 valence electrons. The Kier molecular flexibility index (Phi) is 3.71. The van der Waals surface area contributed by atoms with E-state index in [0.29, 0.717) is 11.8 Å². The lowest BCUT2D eigenvalue weighted by atomic mass is 9.67. The van der Waals surface area contributed by atoms with Crippen molar-refractivity contribution in [1.82, 2.24) is 0 Å². The lowest BCUT2D eigenvalue weighted by molar-refractivity contribution is 0.158.